The topological polar surface area (TPSA) is 66.4 Å². The molecule has 0 spiro atoms. The van der Waals surface area contributed by atoms with Crippen LogP contribution in [-0.4, -0.2) is 17.0 Å². The molecule has 0 heterocycles. The van der Waals surface area contributed by atoms with E-state index in [-0.39, 0.29) is 11.3 Å². The van der Waals surface area contributed by atoms with Crippen LogP contribution in [0.25, 0.3) is 0 Å². The van der Waals surface area contributed by atoms with Gasteiger partial charge in [-0.1, -0.05) is 17.7 Å². The molecule has 0 aliphatic carbocycles. The lowest BCUT2D eigenvalue weighted by Gasteiger charge is -2.09. The van der Waals surface area contributed by atoms with Crippen LogP contribution in [0.3, 0.4) is 0 Å². The van der Waals surface area contributed by atoms with Crippen molar-refractivity contribution in [1.82, 2.24) is 0 Å². The maximum Gasteiger partial charge on any atom is 0.335 e. The van der Waals surface area contributed by atoms with Gasteiger partial charge in [0.2, 0.25) is 0 Å². The molecule has 4 nitrogen and oxygen atoms in total. The smallest absolute Gasteiger partial charge is 0.335 e. The fourth-order valence-electron chi connectivity index (χ4n) is 2.01. The lowest BCUT2D eigenvalue weighted by molar-refractivity contribution is 0.0696. The number of amides is 1. The molecule has 0 atom stereocenters. The first-order chi connectivity index (χ1) is 9.88. The number of carbonyl (C=O) groups is 2. The Balaban J connectivity index is 2.25. The molecule has 2 aromatic rings. The molecule has 2 N–H and O–H groups in total. The summed E-state index contributed by atoms with van der Waals surface area (Å²) < 4.78 is 13.8. The number of aryl methyl sites for hydroxylation is 2. The number of hydrogen-bond acceptors (Lipinski definition) is 2. The molecule has 0 saturated carbocycles. The van der Waals surface area contributed by atoms with Crippen molar-refractivity contribution in [2.45, 2.75) is 13.8 Å². The minimum Gasteiger partial charge on any atom is -0.478 e. The van der Waals surface area contributed by atoms with E-state index < -0.39 is 17.7 Å². The van der Waals surface area contributed by atoms with Crippen molar-refractivity contribution >= 4 is 17.6 Å². The summed E-state index contributed by atoms with van der Waals surface area (Å²) >= 11 is 0. The van der Waals surface area contributed by atoms with Crippen LogP contribution < -0.4 is 5.32 Å². The van der Waals surface area contributed by atoms with Crippen molar-refractivity contribution in [2.24, 2.45) is 0 Å². The molecule has 0 saturated heterocycles. The first kappa shape index (κ1) is 14.7. The van der Waals surface area contributed by atoms with Crippen LogP contribution in [-0.2, 0) is 0 Å². The SMILES string of the molecule is Cc1ccc(C(=O)Nc2ccc(C(=O)O)cc2F)c(C)c1. The number of carboxylic acid groups (broad SMARTS) is 1. The van der Waals surface area contributed by atoms with E-state index in [1.807, 2.05) is 13.0 Å². The molecule has 108 valence electrons. The van der Waals surface area contributed by atoms with Gasteiger partial charge in [0, 0.05) is 5.56 Å². The summed E-state index contributed by atoms with van der Waals surface area (Å²) in [4.78, 5) is 22.9. The minimum absolute atomic E-state index is 0.0509. The Hall–Kier alpha value is -2.69. The van der Waals surface area contributed by atoms with Gasteiger partial charge in [-0.15, -0.1) is 0 Å². The normalized spacial score (nSPS) is 10.2. The summed E-state index contributed by atoms with van der Waals surface area (Å²) in [6.45, 7) is 3.71. The number of carboxylic acids is 1. The largest absolute Gasteiger partial charge is 0.478 e. The summed E-state index contributed by atoms with van der Waals surface area (Å²) in [5.41, 5.74) is 2.04. The van der Waals surface area contributed by atoms with Gasteiger partial charge in [-0.2, -0.15) is 0 Å². The molecular formula is C16H14FNO3. The number of hydrogen-bond donors (Lipinski definition) is 2. The molecule has 0 aromatic heterocycles. The fourth-order valence-corrected chi connectivity index (χ4v) is 2.01. The fraction of sp³-hybridized carbons (Fsp3) is 0.125. The maximum atomic E-state index is 13.8. The van der Waals surface area contributed by atoms with Crippen LogP contribution in [0.2, 0.25) is 0 Å². The van der Waals surface area contributed by atoms with E-state index in [4.69, 9.17) is 5.11 Å². The van der Waals surface area contributed by atoms with Gasteiger partial charge < -0.3 is 10.4 Å². The Morgan fingerprint density at radius 2 is 1.81 bits per heavy atom. The number of rotatable bonds is 3. The van der Waals surface area contributed by atoms with Crippen molar-refractivity contribution in [3.8, 4) is 0 Å². The highest BCUT2D eigenvalue weighted by atomic mass is 19.1. The first-order valence-electron chi connectivity index (χ1n) is 6.30. The molecule has 0 radical (unpaired) electrons. The molecule has 0 aliphatic rings. The van der Waals surface area contributed by atoms with Gasteiger partial charge in [0.25, 0.3) is 5.91 Å². The third kappa shape index (κ3) is 3.25. The molecule has 0 fully saturated rings. The predicted molar refractivity (Wildman–Crippen MR) is 77.2 cm³/mol. The summed E-state index contributed by atoms with van der Waals surface area (Å²) in [5, 5.41) is 11.2. The Bertz CT molecular complexity index is 725. The zero-order valence-corrected chi connectivity index (χ0v) is 11.6. The number of benzene rings is 2. The molecule has 2 rings (SSSR count). The molecule has 2 aromatic carbocycles. The average molecular weight is 287 g/mol. The first-order valence-corrected chi connectivity index (χ1v) is 6.30. The maximum absolute atomic E-state index is 13.8. The van der Waals surface area contributed by atoms with E-state index >= 15 is 0 Å². The van der Waals surface area contributed by atoms with Gasteiger partial charge in [0.15, 0.2) is 0 Å². The zero-order valence-electron chi connectivity index (χ0n) is 11.6. The van der Waals surface area contributed by atoms with Gasteiger partial charge in [-0.3, -0.25) is 4.79 Å². The Kier molecular flexibility index (Phi) is 4.03. The summed E-state index contributed by atoms with van der Waals surface area (Å²) in [6.07, 6.45) is 0. The lowest BCUT2D eigenvalue weighted by Crippen LogP contribution is -2.14. The van der Waals surface area contributed by atoms with Gasteiger partial charge in [-0.25, -0.2) is 9.18 Å². The lowest BCUT2D eigenvalue weighted by atomic mass is 10.1. The summed E-state index contributed by atoms with van der Waals surface area (Å²) in [5.74, 6) is -2.44. The highest BCUT2D eigenvalue weighted by Crippen LogP contribution is 2.18. The second kappa shape index (κ2) is 5.75. The standard InChI is InChI=1S/C16H14FNO3/c1-9-3-5-12(10(2)7-9)15(19)18-14-6-4-11(16(20)21)8-13(14)17/h3-8H,1-2H3,(H,18,19)(H,20,21). The van der Waals surface area contributed by atoms with Gasteiger partial charge in [0.1, 0.15) is 5.82 Å². The second-order valence-corrected chi connectivity index (χ2v) is 4.77. The van der Waals surface area contributed by atoms with Crippen LogP contribution in [0.15, 0.2) is 36.4 Å². The number of anilines is 1. The van der Waals surface area contributed by atoms with Crippen molar-refractivity contribution in [2.75, 3.05) is 5.32 Å². The average Bonchev–Trinajstić information content (AvgIpc) is 2.40. The summed E-state index contributed by atoms with van der Waals surface area (Å²) in [7, 11) is 0. The summed E-state index contributed by atoms with van der Waals surface area (Å²) in [6, 6.07) is 8.68. The Morgan fingerprint density at radius 3 is 2.38 bits per heavy atom. The van der Waals surface area contributed by atoms with Crippen molar-refractivity contribution in [1.29, 1.82) is 0 Å². The van der Waals surface area contributed by atoms with E-state index in [0.717, 1.165) is 17.2 Å². The predicted octanol–water partition coefficient (Wildman–Crippen LogP) is 3.39. The van der Waals surface area contributed by atoms with Crippen LogP contribution in [0, 0.1) is 19.7 Å². The second-order valence-electron chi connectivity index (χ2n) is 4.77. The third-order valence-electron chi connectivity index (χ3n) is 3.09. The van der Waals surface area contributed by atoms with Crippen molar-refractivity contribution in [3.05, 3.63) is 64.5 Å². The monoisotopic (exact) mass is 287 g/mol. The molecular weight excluding hydrogens is 273 g/mol. The highest BCUT2D eigenvalue weighted by Gasteiger charge is 2.13. The Morgan fingerprint density at radius 1 is 1.10 bits per heavy atom. The number of carbonyl (C=O) groups excluding carboxylic acids is 1. The molecule has 0 bridgehead atoms. The van der Waals surface area contributed by atoms with Gasteiger partial charge in [0.05, 0.1) is 11.3 Å². The van der Waals surface area contributed by atoms with Gasteiger partial charge in [-0.05, 0) is 43.7 Å². The number of nitrogens with one attached hydrogen (secondary N) is 1. The Labute approximate surface area is 121 Å². The minimum atomic E-state index is -1.22. The molecule has 21 heavy (non-hydrogen) atoms. The third-order valence-corrected chi connectivity index (χ3v) is 3.09. The molecule has 0 unspecified atom stereocenters. The van der Waals surface area contributed by atoms with Gasteiger partial charge >= 0.3 is 5.97 Å². The van der Waals surface area contributed by atoms with Crippen LogP contribution in [0.1, 0.15) is 31.8 Å². The highest BCUT2D eigenvalue weighted by molar-refractivity contribution is 6.05. The van der Waals surface area contributed by atoms with Crippen LogP contribution >= 0.6 is 0 Å². The molecule has 5 heteroatoms. The van der Waals surface area contributed by atoms with E-state index in [9.17, 15) is 14.0 Å². The quantitative estimate of drug-likeness (QED) is 0.909. The number of aromatic carboxylic acids is 1. The van der Waals surface area contributed by atoms with Crippen LogP contribution in [0.5, 0.6) is 0 Å². The van der Waals surface area contributed by atoms with E-state index in [1.54, 1.807) is 19.1 Å². The number of halogens is 1. The molecule has 1 amide bonds. The van der Waals surface area contributed by atoms with Crippen molar-refractivity contribution < 1.29 is 19.1 Å². The van der Waals surface area contributed by atoms with E-state index in [0.29, 0.717) is 5.56 Å². The van der Waals surface area contributed by atoms with E-state index in [2.05, 4.69) is 5.32 Å². The molecule has 0 aliphatic heterocycles. The van der Waals surface area contributed by atoms with Crippen LogP contribution in [0.4, 0.5) is 10.1 Å². The van der Waals surface area contributed by atoms with Crippen molar-refractivity contribution in [3.63, 3.8) is 0 Å². The zero-order chi connectivity index (χ0) is 15.6. The van der Waals surface area contributed by atoms with E-state index in [1.165, 1.54) is 12.1 Å².